The molecule has 0 saturated carbocycles. The fraction of sp³-hybridized carbons (Fsp3) is 0.192. The maximum atomic E-state index is 13.6. The van der Waals surface area contributed by atoms with E-state index in [4.69, 9.17) is 0 Å². The highest BCUT2D eigenvalue weighted by molar-refractivity contribution is 9.10. The molecule has 4 nitrogen and oxygen atoms in total. The lowest BCUT2D eigenvalue weighted by molar-refractivity contribution is -0.133. The highest BCUT2D eigenvalue weighted by Gasteiger charge is 2.41. The Bertz CT molecular complexity index is 1100. The van der Waals surface area contributed by atoms with Crippen LogP contribution in [-0.2, 0) is 9.59 Å². The lowest BCUT2D eigenvalue weighted by Crippen LogP contribution is -2.40. The highest BCUT2D eigenvalue weighted by Crippen LogP contribution is 2.33. The Hall–Kier alpha value is -3.12. The zero-order valence-corrected chi connectivity index (χ0v) is 19.3. The van der Waals surface area contributed by atoms with E-state index in [2.05, 4.69) is 21.2 Å². The van der Waals surface area contributed by atoms with Crippen molar-refractivity contribution in [3.8, 4) is 0 Å². The van der Waals surface area contributed by atoms with Crippen LogP contribution in [0.5, 0.6) is 0 Å². The molecule has 0 radical (unpaired) electrons. The van der Waals surface area contributed by atoms with Gasteiger partial charge in [0.15, 0.2) is 5.78 Å². The lowest BCUT2D eigenvalue weighted by Gasteiger charge is -2.26. The third-order valence-corrected chi connectivity index (χ3v) is 5.70. The minimum absolute atomic E-state index is 0.230. The van der Waals surface area contributed by atoms with E-state index < -0.39 is 35.3 Å². The number of benzene rings is 3. The van der Waals surface area contributed by atoms with Gasteiger partial charge in [-0.1, -0.05) is 60.1 Å². The Morgan fingerprint density at radius 1 is 0.844 bits per heavy atom. The Morgan fingerprint density at radius 3 is 2.00 bits per heavy atom. The summed E-state index contributed by atoms with van der Waals surface area (Å²) in [5.74, 6) is -4.59. The van der Waals surface area contributed by atoms with Gasteiger partial charge in [0.25, 0.3) is 0 Å². The number of hydrogen-bond donors (Lipinski definition) is 1. The predicted octanol–water partition coefficient (Wildman–Crippen LogP) is 6.03. The number of carbonyl (C=O) groups excluding carboxylic acids is 3. The number of halogens is 2. The van der Waals surface area contributed by atoms with Crippen molar-refractivity contribution in [2.75, 3.05) is 5.32 Å². The number of carbonyl (C=O) groups is 3. The number of anilines is 1. The first-order chi connectivity index (χ1) is 15.3. The Morgan fingerprint density at radius 2 is 1.44 bits per heavy atom. The monoisotopic (exact) mass is 495 g/mol. The van der Waals surface area contributed by atoms with E-state index in [-0.39, 0.29) is 11.3 Å². The minimum atomic E-state index is -1.26. The molecule has 3 aromatic carbocycles. The van der Waals surface area contributed by atoms with Gasteiger partial charge in [-0.15, -0.1) is 0 Å². The highest BCUT2D eigenvalue weighted by atomic mass is 79.9. The summed E-state index contributed by atoms with van der Waals surface area (Å²) in [4.78, 5) is 40.2. The second kappa shape index (κ2) is 10.5. The summed E-state index contributed by atoms with van der Waals surface area (Å²) in [5.41, 5.74) is 1.29. The fourth-order valence-electron chi connectivity index (χ4n) is 3.50. The normalized spacial score (nSPS) is 12.8. The molecule has 0 bridgehead atoms. The molecule has 0 aliphatic carbocycles. The smallest absolute Gasteiger partial charge is 0.236 e. The van der Waals surface area contributed by atoms with Gasteiger partial charge in [-0.3, -0.25) is 14.4 Å². The van der Waals surface area contributed by atoms with Crippen LogP contribution >= 0.6 is 15.9 Å². The topological polar surface area (TPSA) is 63.2 Å². The average Bonchev–Trinajstić information content (AvgIpc) is 2.78. The van der Waals surface area contributed by atoms with Crippen molar-refractivity contribution in [2.45, 2.75) is 19.8 Å². The van der Waals surface area contributed by atoms with E-state index in [1.54, 1.807) is 62.4 Å². The van der Waals surface area contributed by atoms with Crippen molar-refractivity contribution < 1.29 is 18.8 Å². The summed E-state index contributed by atoms with van der Waals surface area (Å²) in [6.45, 7) is 3.40. The quantitative estimate of drug-likeness (QED) is 0.306. The van der Waals surface area contributed by atoms with Gasteiger partial charge >= 0.3 is 0 Å². The number of rotatable bonds is 8. The van der Waals surface area contributed by atoms with Crippen LogP contribution in [0.4, 0.5) is 10.1 Å². The molecule has 0 heterocycles. The molecular weight excluding hydrogens is 473 g/mol. The zero-order chi connectivity index (χ0) is 23.3. The van der Waals surface area contributed by atoms with Crippen molar-refractivity contribution in [1.29, 1.82) is 0 Å². The lowest BCUT2D eigenvalue weighted by atomic mass is 9.75. The van der Waals surface area contributed by atoms with Gasteiger partial charge in [-0.2, -0.15) is 0 Å². The third kappa shape index (κ3) is 5.56. The number of hydrogen-bond acceptors (Lipinski definition) is 3. The van der Waals surface area contributed by atoms with Crippen molar-refractivity contribution in [3.05, 3.63) is 100 Å². The number of nitrogens with one attached hydrogen (secondary N) is 1. The Labute approximate surface area is 195 Å². The van der Waals surface area contributed by atoms with Crippen LogP contribution in [0.3, 0.4) is 0 Å². The summed E-state index contributed by atoms with van der Waals surface area (Å²) >= 11 is 3.37. The van der Waals surface area contributed by atoms with Gasteiger partial charge in [0, 0.05) is 21.6 Å². The molecule has 0 aromatic heterocycles. The molecule has 2 unspecified atom stereocenters. The molecule has 0 aliphatic heterocycles. The Kier molecular flexibility index (Phi) is 7.70. The van der Waals surface area contributed by atoms with Gasteiger partial charge in [-0.05, 0) is 54.1 Å². The Balaban J connectivity index is 2.10. The average molecular weight is 496 g/mol. The zero-order valence-electron chi connectivity index (χ0n) is 17.7. The van der Waals surface area contributed by atoms with Gasteiger partial charge in [-0.25, -0.2) is 4.39 Å². The van der Waals surface area contributed by atoms with Crippen LogP contribution in [0.1, 0.15) is 35.7 Å². The largest absolute Gasteiger partial charge is 0.325 e. The summed E-state index contributed by atoms with van der Waals surface area (Å²) in [6, 6.07) is 20.8. The summed E-state index contributed by atoms with van der Waals surface area (Å²) < 4.78 is 14.2. The molecule has 0 spiro atoms. The summed E-state index contributed by atoms with van der Waals surface area (Å²) in [6.07, 6.45) is 0. The maximum Gasteiger partial charge on any atom is 0.236 e. The van der Waals surface area contributed by atoms with E-state index >= 15 is 0 Å². The number of para-hydroxylation sites is 1. The van der Waals surface area contributed by atoms with E-state index in [1.807, 2.05) is 6.07 Å². The maximum absolute atomic E-state index is 13.6. The third-order valence-electron chi connectivity index (χ3n) is 5.17. The molecule has 164 valence electrons. The molecule has 0 aliphatic rings. The van der Waals surface area contributed by atoms with Crippen LogP contribution in [0.2, 0.25) is 0 Å². The first-order valence-electron chi connectivity index (χ1n) is 10.2. The molecule has 32 heavy (non-hydrogen) atoms. The van der Waals surface area contributed by atoms with Crippen LogP contribution in [0.25, 0.3) is 0 Å². The molecule has 3 aromatic rings. The predicted molar refractivity (Wildman–Crippen MR) is 126 cm³/mol. The molecular formula is C26H23BrFNO3. The van der Waals surface area contributed by atoms with Crippen LogP contribution in [0, 0.1) is 17.7 Å². The van der Waals surface area contributed by atoms with Gasteiger partial charge in [0.1, 0.15) is 17.5 Å². The first-order valence-corrected chi connectivity index (χ1v) is 11.0. The number of Topliss-reactive ketones (excluding diaryl/α,β-unsaturated/α-hetero) is 2. The molecule has 2 atom stereocenters. The fourth-order valence-corrected chi connectivity index (χ4v) is 3.77. The first kappa shape index (κ1) is 23.5. The van der Waals surface area contributed by atoms with E-state index in [0.29, 0.717) is 11.3 Å². The van der Waals surface area contributed by atoms with Crippen LogP contribution in [-0.4, -0.2) is 17.5 Å². The molecule has 6 heteroatoms. The summed E-state index contributed by atoms with van der Waals surface area (Å²) in [7, 11) is 0. The molecule has 0 fully saturated rings. The summed E-state index contributed by atoms with van der Waals surface area (Å²) in [5, 5.41) is 2.77. The van der Waals surface area contributed by atoms with Crippen molar-refractivity contribution in [1.82, 2.24) is 0 Å². The van der Waals surface area contributed by atoms with Crippen molar-refractivity contribution >= 4 is 39.1 Å². The molecule has 1 N–H and O–H groups in total. The SMILES string of the molecule is CC(C)C(=O)C(C(=O)Nc1ccccc1)C(C(=O)c1ccc(F)cc1)c1ccc(Br)cc1. The van der Waals surface area contributed by atoms with E-state index in [1.165, 1.54) is 24.3 Å². The molecule has 1 amide bonds. The van der Waals surface area contributed by atoms with Crippen molar-refractivity contribution in [3.63, 3.8) is 0 Å². The number of ketones is 2. The standard InChI is InChI=1S/C26H23BrFNO3/c1-16(2)24(30)23(26(32)29-21-6-4-3-5-7-21)22(17-8-12-19(27)13-9-17)25(31)18-10-14-20(28)15-11-18/h3-16,22-23H,1-2H3,(H,29,32). The van der Waals surface area contributed by atoms with E-state index in [9.17, 15) is 18.8 Å². The number of amides is 1. The van der Waals surface area contributed by atoms with Gasteiger partial charge < -0.3 is 5.32 Å². The van der Waals surface area contributed by atoms with E-state index in [0.717, 1.165) is 4.47 Å². The van der Waals surface area contributed by atoms with Gasteiger partial charge in [0.05, 0.1) is 5.92 Å². The second-order valence-corrected chi connectivity index (χ2v) is 8.71. The van der Waals surface area contributed by atoms with Crippen LogP contribution < -0.4 is 5.32 Å². The molecule has 0 saturated heterocycles. The van der Waals surface area contributed by atoms with Crippen molar-refractivity contribution in [2.24, 2.45) is 11.8 Å². The van der Waals surface area contributed by atoms with Crippen LogP contribution in [0.15, 0.2) is 83.3 Å². The van der Waals surface area contributed by atoms with Gasteiger partial charge in [0.2, 0.25) is 5.91 Å². The minimum Gasteiger partial charge on any atom is -0.325 e. The molecule has 3 rings (SSSR count). The second-order valence-electron chi connectivity index (χ2n) is 7.79.